The van der Waals surface area contributed by atoms with Crippen molar-refractivity contribution in [3.05, 3.63) is 0 Å². The Morgan fingerprint density at radius 2 is 0.917 bits per heavy atom. The van der Waals surface area contributed by atoms with E-state index in [0.717, 1.165) is 39.3 Å². The molecule has 0 N–H and O–H groups in total. The van der Waals surface area contributed by atoms with Gasteiger partial charge in [-0.3, -0.25) is 0 Å². The van der Waals surface area contributed by atoms with Crippen LogP contribution < -0.4 is 0 Å². The van der Waals surface area contributed by atoms with Crippen LogP contribution in [0.5, 0.6) is 0 Å². The van der Waals surface area contributed by atoms with Gasteiger partial charge in [0.25, 0.3) is 0 Å². The zero-order chi connectivity index (χ0) is 8.49. The monoisotopic (exact) mass is 170 g/mol. The molecule has 0 atom stereocenters. The smallest absolute Gasteiger partial charge is 0.413 e. The van der Waals surface area contributed by atoms with Crippen molar-refractivity contribution >= 4 is 15.4 Å². The molecule has 2 rings (SSSR count). The summed E-state index contributed by atoms with van der Waals surface area (Å²) < 4.78 is 18.9. The largest absolute Gasteiger partial charge is 0.487 e. The minimum Gasteiger partial charge on any atom is -0.413 e. The highest BCUT2D eigenvalue weighted by Crippen LogP contribution is 1.89. The molecule has 0 aromatic rings. The van der Waals surface area contributed by atoms with Gasteiger partial charge in [0.05, 0.1) is 0 Å². The molecule has 0 bridgehead atoms. The van der Waals surface area contributed by atoms with Crippen LogP contribution in [0.25, 0.3) is 0 Å². The van der Waals surface area contributed by atoms with E-state index in [-0.39, 0.29) is 0 Å². The first-order valence-electron chi connectivity index (χ1n) is 4.10. The minimum atomic E-state index is 0.819. The summed E-state index contributed by atoms with van der Waals surface area (Å²) in [5.74, 6) is 0. The average Bonchev–Trinajstić information content (AvgIpc) is 2.24. The fraction of sp³-hybridized carbons (Fsp3) is 1.00. The molecule has 2 aliphatic heterocycles. The van der Waals surface area contributed by atoms with E-state index in [1.54, 1.807) is 0 Å². The van der Waals surface area contributed by atoms with Crippen LogP contribution in [-0.2, 0) is 18.6 Å². The summed E-state index contributed by atoms with van der Waals surface area (Å²) in [6.07, 6.45) is 2.05. The quantitative estimate of drug-likeness (QED) is 0.476. The van der Waals surface area contributed by atoms with Crippen LogP contribution >= 0.6 is 0 Å². The Labute approximate surface area is 74.1 Å². The maximum absolute atomic E-state index is 4.72. The van der Waals surface area contributed by atoms with E-state index in [2.05, 4.69) is 0 Å². The molecule has 6 heteroatoms. The lowest BCUT2D eigenvalue weighted by atomic mass is 10.3. The molecule has 0 spiro atoms. The first-order chi connectivity index (χ1) is 6.00. The zero-order valence-corrected chi connectivity index (χ0v) is 7.03. The van der Waals surface area contributed by atoms with Crippen molar-refractivity contribution in [2.24, 2.45) is 0 Å². The summed E-state index contributed by atoms with van der Waals surface area (Å²) in [5, 5.41) is 0. The second-order valence-electron chi connectivity index (χ2n) is 2.38. The average molecular weight is 170 g/mol. The van der Waals surface area contributed by atoms with E-state index in [0.29, 0.717) is 0 Å². The van der Waals surface area contributed by atoms with Gasteiger partial charge in [-0.25, -0.2) is 0 Å². The molecule has 0 saturated carbocycles. The van der Waals surface area contributed by atoms with Gasteiger partial charge >= 0.3 is 15.4 Å². The first-order valence-corrected chi connectivity index (χ1v) is 4.10. The molecule has 0 amide bonds. The van der Waals surface area contributed by atoms with E-state index in [9.17, 15) is 0 Å². The van der Waals surface area contributed by atoms with Crippen LogP contribution in [0.3, 0.4) is 0 Å². The Morgan fingerprint density at radius 3 is 1.00 bits per heavy atom. The summed E-state index contributed by atoms with van der Waals surface area (Å²) in [5.41, 5.74) is 0. The normalized spacial score (nSPS) is 22.7. The fourth-order valence-electron chi connectivity index (χ4n) is 0.740. The molecule has 2 aliphatic rings. The molecule has 66 valence electrons. The molecule has 2 fully saturated rings. The Kier molecular flexibility index (Phi) is 6.38. The van der Waals surface area contributed by atoms with E-state index in [1.165, 1.54) is 15.4 Å². The highest BCUT2D eigenvalue weighted by molar-refractivity contribution is 6.18. The summed E-state index contributed by atoms with van der Waals surface area (Å²) in [6, 6.07) is 0. The molecule has 2 radical (unpaired) electrons. The fourth-order valence-corrected chi connectivity index (χ4v) is 0.740. The highest BCUT2D eigenvalue weighted by Gasteiger charge is 1.99. The van der Waals surface area contributed by atoms with Crippen LogP contribution in [-0.4, -0.2) is 41.8 Å². The lowest BCUT2D eigenvalue weighted by Gasteiger charge is -2.07. The van der Waals surface area contributed by atoms with E-state index in [4.69, 9.17) is 18.6 Å². The van der Waals surface area contributed by atoms with Gasteiger partial charge in [0.1, 0.15) is 0 Å². The first kappa shape index (κ1) is 10.1. The van der Waals surface area contributed by atoms with Crippen LogP contribution in [0.4, 0.5) is 0 Å². The van der Waals surface area contributed by atoms with Gasteiger partial charge in [0.2, 0.25) is 0 Å². The van der Waals surface area contributed by atoms with E-state index in [1.807, 2.05) is 0 Å². The maximum Gasteiger partial charge on any atom is 0.487 e. The number of hydrogen-bond acceptors (Lipinski definition) is 4. The standard InChI is InChI=1S/2C3H6BO2/c2*1-2-5-4-6-3-1/h2*1-3H2. The Morgan fingerprint density at radius 1 is 0.583 bits per heavy atom. The highest BCUT2D eigenvalue weighted by atomic mass is 16.6. The summed E-state index contributed by atoms with van der Waals surface area (Å²) >= 11 is 0. The topological polar surface area (TPSA) is 36.9 Å². The third-order valence-corrected chi connectivity index (χ3v) is 1.32. The number of hydrogen-bond donors (Lipinski definition) is 0. The molecule has 12 heavy (non-hydrogen) atoms. The third kappa shape index (κ3) is 5.60. The Bertz CT molecular complexity index is 60.5. The van der Waals surface area contributed by atoms with Crippen molar-refractivity contribution in [1.29, 1.82) is 0 Å². The van der Waals surface area contributed by atoms with Crippen molar-refractivity contribution in [3.63, 3.8) is 0 Å². The minimum absolute atomic E-state index is 0.819. The van der Waals surface area contributed by atoms with Crippen molar-refractivity contribution in [2.45, 2.75) is 12.8 Å². The summed E-state index contributed by atoms with van der Waals surface area (Å²) in [4.78, 5) is 0. The van der Waals surface area contributed by atoms with Crippen molar-refractivity contribution in [3.8, 4) is 0 Å². The van der Waals surface area contributed by atoms with Crippen LogP contribution in [0.1, 0.15) is 12.8 Å². The van der Waals surface area contributed by atoms with Crippen molar-refractivity contribution < 1.29 is 18.6 Å². The number of rotatable bonds is 0. The summed E-state index contributed by atoms with van der Waals surface area (Å²) in [7, 11) is 2.78. The molecule has 0 unspecified atom stereocenters. The van der Waals surface area contributed by atoms with Crippen LogP contribution in [0.15, 0.2) is 0 Å². The molecule has 4 nitrogen and oxygen atoms in total. The molecule has 0 aromatic heterocycles. The molecular weight excluding hydrogens is 158 g/mol. The molecule has 2 heterocycles. The van der Waals surface area contributed by atoms with Gasteiger partial charge in [0, 0.05) is 26.4 Å². The lowest BCUT2D eigenvalue weighted by Crippen LogP contribution is -2.14. The Hall–Kier alpha value is -0.0301. The van der Waals surface area contributed by atoms with Gasteiger partial charge in [-0.15, -0.1) is 0 Å². The van der Waals surface area contributed by atoms with Crippen LogP contribution in [0, 0.1) is 0 Å². The van der Waals surface area contributed by atoms with E-state index < -0.39 is 0 Å². The van der Waals surface area contributed by atoms with Gasteiger partial charge in [0.15, 0.2) is 0 Å². The van der Waals surface area contributed by atoms with E-state index >= 15 is 0 Å². The van der Waals surface area contributed by atoms with Crippen LogP contribution in [0.2, 0.25) is 0 Å². The maximum atomic E-state index is 4.72. The van der Waals surface area contributed by atoms with Gasteiger partial charge in [-0.1, -0.05) is 0 Å². The molecule has 0 aliphatic carbocycles. The SMILES string of the molecule is [B]1OCCCO1.[B]1OCCCO1. The molecule has 2 saturated heterocycles. The second kappa shape index (κ2) is 7.61. The second-order valence-corrected chi connectivity index (χ2v) is 2.38. The molecule has 0 aromatic carbocycles. The van der Waals surface area contributed by atoms with Crippen molar-refractivity contribution in [2.75, 3.05) is 26.4 Å². The van der Waals surface area contributed by atoms with Gasteiger partial charge in [-0.05, 0) is 12.8 Å². The predicted molar refractivity (Wildman–Crippen MR) is 44.6 cm³/mol. The zero-order valence-electron chi connectivity index (χ0n) is 7.03. The Balaban J connectivity index is 0.000000120. The third-order valence-electron chi connectivity index (χ3n) is 1.32. The predicted octanol–water partition coefficient (Wildman–Crippen LogP) is -0.0850. The van der Waals surface area contributed by atoms with Gasteiger partial charge < -0.3 is 18.6 Å². The molecular formula is C6H12B2O4. The van der Waals surface area contributed by atoms with Crippen molar-refractivity contribution in [1.82, 2.24) is 0 Å². The van der Waals surface area contributed by atoms with Gasteiger partial charge in [-0.2, -0.15) is 0 Å². The lowest BCUT2D eigenvalue weighted by molar-refractivity contribution is 0.156. The summed E-state index contributed by atoms with van der Waals surface area (Å²) in [6.45, 7) is 3.28.